The lowest BCUT2D eigenvalue weighted by molar-refractivity contribution is -0.127. The fraction of sp³-hybridized carbons (Fsp3) is 0.923. The van der Waals surface area contributed by atoms with Crippen LogP contribution in [0.3, 0.4) is 0 Å². The number of halogens is 1. The summed E-state index contributed by atoms with van der Waals surface area (Å²) < 4.78 is 0. The average Bonchev–Trinajstić information content (AvgIpc) is 3.04. The molecule has 2 aliphatic rings. The Morgan fingerprint density at radius 2 is 2.00 bits per heavy atom. The number of hydrogen-bond donors (Lipinski definition) is 2. The molecule has 2 unspecified atom stereocenters. The van der Waals surface area contributed by atoms with Gasteiger partial charge >= 0.3 is 0 Å². The Labute approximate surface area is 116 Å². The quantitative estimate of drug-likeness (QED) is 0.812. The summed E-state index contributed by atoms with van der Waals surface area (Å²) in [6.45, 7) is 8.23. The van der Waals surface area contributed by atoms with Crippen molar-refractivity contribution in [1.82, 2.24) is 10.2 Å². The molecule has 0 aromatic rings. The first kappa shape index (κ1) is 15.7. The fourth-order valence-electron chi connectivity index (χ4n) is 2.46. The standard InChI is InChI=1S/C13H25N3O.ClH/c1-9(12(17)15-10-4-5-10)16-7-6-11(14)13(2,3)8-16;/h9-11H,4-8,14H2,1-3H3,(H,15,17);1H. The summed E-state index contributed by atoms with van der Waals surface area (Å²) in [4.78, 5) is 14.3. The Bertz CT molecular complexity index is 305. The van der Waals surface area contributed by atoms with Crippen molar-refractivity contribution in [3.8, 4) is 0 Å². The van der Waals surface area contributed by atoms with Crippen molar-refractivity contribution < 1.29 is 4.79 Å². The van der Waals surface area contributed by atoms with Crippen molar-refractivity contribution in [3.63, 3.8) is 0 Å². The van der Waals surface area contributed by atoms with Crippen molar-refractivity contribution in [2.24, 2.45) is 11.1 Å². The molecule has 4 nitrogen and oxygen atoms in total. The second kappa shape index (κ2) is 5.76. The van der Waals surface area contributed by atoms with Crippen molar-refractivity contribution >= 4 is 18.3 Å². The molecule has 1 aliphatic heterocycles. The average molecular weight is 276 g/mol. The van der Waals surface area contributed by atoms with Crippen LogP contribution in [-0.4, -0.2) is 42.0 Å². The van der Waals surface area contributed by atoms with Gasteiger partial charge in [0.25, 0.3) is 0 Å². The largest absolute Gasteiger partial charge is 0.352 e. The van der Waals surface area contributed by atoms with Crippen molar-refractivity contribution in [1.29, 1.82) is 0 Å². The van der Waals surface area contributed by atoms with Gasteiger partial charge in [0, 0.05) is 25.2 Å². The molecule has 1 aliphatic carbocycles. The Morgan fingerprint density at radius 3 is 2.50 bits per heavy atom. The number of piperidine rings is 1. The summed E-state index contributed by atoms with van der Waals surface area (Å²) in [5.41, 5.74) is 6.22. The lowest BCUT2D eigenvalue weighted by Crippen LogP contribution is -2.57. The van der Waals surface area contributed by atoms with Crippen molar-refractivity contribution in [2.45, 2.75) is 58.2 Å². The first-order valence-corrected chi connectivity index (χ1v) is 6.70. The van der Waals surface area contributed by atoms with E-state index in [4.69, 9.17) is 5.73 Å². The Kier molecular flexibility index (Phi) is 5.04. The summed E-state index contributed by atoms with van der Waals surface area (Å²) in [5.74, 6) is 0.179. The molecule has 1 amide bonds. The second-order valence-electron chi connectivity index (χ2n) is 6.31. The molecule has 0 spiro atoms. The molecule has 0 aromatic carbocycles. The van der Waals surface area contributed by atoms with Crippen molar-refractivity contribution in [2.75, 3.05) is 13.1 Å². The van der Waals surface area contributed by atoms with Gasteiger partial charge in [-0.25, -0.2) is 0 Å². The van der Waals surface area contributed by atoms with Gasteiger partial charge in [0.1, 0.15) is 0 Å². The third-order valence-electron chi connectivity index (χ3n) is 4.19. The van der Waals surface area contributed by atoms with E-state index in [1.807, 2.05) is 6.92 Å². The maximum absolute atomic E-state index is 12.0. The number of nitrogens with two attached hydrogens (primary N) is 1. The molecule has 1 saturated carbocycles. The normalized spacial score (nSPS) is 29.2. The van der Waals surface area contributed by atoms with Gasteiger partial charge in [0.05, 0.1) is 6.04 Å². The van der Waals surface area contributed by atoms with E-state index in [0.29, 0.717) is 6.04 Å². The second-order valence-corrected chi connectivity index (χ2v) is 6.31. The number of rotatable bonds is 3. The summed E-state index contributed by atoms with van der Waals surface area (Å²) >= 11 is 0. The van der Waals surface area contributed by atoms with Gasteiger partial charge < -0.3 is 11.1 Å². The monoisotopic (exact) mass is 275 g/mol. The minimum Gasteiger partial charge on any atom is -0.352 e. The van der Waals surface area contributed by atoms with Crippen LogP contribution < -0.4 is 11.1 Å². The highest BCUT2D eigenvalue weighted by molar-refractivity contribution is 5.85. The number of likely N-dealkylation sites (tertiary alicyclic amines) is 1. The first-order chi connectivity index (χ1) is 7.90. The molecule has 2 rings (SSSR count). The van der Waals surface area contributed by atoms with E-state index in [1.54, 1.807) is 0 Å². The van der Waals surface area contributed by atoms with Crippen LogP contribution in [0, 0.1) is 5.41 Å². The third-order valence-corrected chi connectivity index (χ3v) is 4.19. The zero-order valence-corrected chi connectivity index (χ0v) is 12.4. The molecular weight excluding hydrogens is 250 g/mol. The minimum atomic E-state index is -0.0256. The van der Waals surface area contributed by atoms with E-state index in [0.717, 1.165) is 32.4 Å². The smallest absolute Gasteiger partial charge is 0.237 e. The maximum Gasteiger partial charge on any atom is 0.237 e. The van der Waals surface area contributed by atoms with E-state index in [-0.39, 0.29) is 35.8 Å². The van der Waals surface area contributed by atoms with E-state index >= 15 is 0 Å². The number of amides is 1. The zero-order valence-electron chi connectivity index (χ0n) is 11.6. The Balaban J connectivity index is 0.00000162. The van der Waals surface area contributed by atoms with Crippen LogP contribution >= 0.6 is 12.4 Å². The highest BCUT2D eigenvalue weighted by atomic mass is 35.5. The SMILES string of the molecule is CC(C(=O)NC1CC1)N1CCC(N)C(C)(C)C1.Cl. The highest BCUT2D eigenvalue weighted by Crippen LogP contribution is 2.29. The summed E-state index contributed by atoms with van der Waals surface area (Å²) in [5, 5.41) is 3.08. The third kappa shape index (κ3) is 3.59. The van der Waals surface area contributed by atoms with Gasteiger partial charge in [-0.1, -0.05) is 13.8 Å². The maximum atomic E-state index is 12.0. The van der Waals surface area contributed by atoms with E-state index < -0.39 is 0 Å². The summed E-state index contributed by atoms with van der Waals surface area (Å²) in [6.07, 6.45) is 3.28. The summed E-state index contributed by atoms with van der Waals surface area (Å²) in [6, 6.07) is 0.671. The molecule has 3 N–H and O–H groups in total. The van der Waals surface area contributed by atoms with Gasteiger partial charge in [0.15, 0.2) is 0 Å². The van der Waals surface area contributed by atoms with Crippen LogP contribution in [0.15, 0.2) is 0 Å². The molecule has 0 aromatic heterocycles. The lowest BCUT2D eigenvalue weighted by atomic mass is 9.79. The Morgan fingerprint density at radius 1 is 1.39 bits per heavy atom. The van der Waals surface area contributed by atoms with Gasteiger partial charge in [0.2, 0.25) is 5.91 Å². The molecular formula is C13H26ClN3O. The number of carbonyl (C=O) groups is 1. The molecule has 1 saturated heterocycles. The molecule has 18 heavy (non-hydrogen) atoms. The van der Waals surface area contributed by atoms with E-state index in [2.05, 4.69) is 24.1 Å². The van der Waals surface area contributed by atoms with Crippen LogP contribution in [0.25, 0.3) is 0 Å². The molecule has 1 heterocycles. The first-order valence-electron chi connectivity index (χ1n) is 6.70. The highest BCUT2D eigenvalue weighted by Gasteiger charge is 2.37. The topological polar surface area (TPSA) is 58.4 Å². The minimum absolute atomic E-state index is 0. The van der Waals surface area contributed by atoms with E-state index in [9.17, 15) is 4.79 Å². The molecule has 0 bridgehead atoms. The van der Waals surface area contributed by atoms with Gasteiger partial charge in [-0.15, -0.1) is 12.4 Å². The van der Waals surface area contributed by atoms with Crippen LogP contribution in [0.5, 0.6) is 0 Å². The molecule has 0 radical (unpaired) electrons. The van der Waals surface area contributed by atoms with Gasteiger partial charge in [-0.05, 0) is 31.6 Å². The Hall–Kier alpha value is -0.320. The molecule has 2 atom stereocenters. The fourth-order valence-corrected chi connectivity index (χ4v) is 2.46. The molecule has 2 fully saturated rings. The molecule has 106 valence electrons. The number of hydrogen-bond acceptors (Lipinski definition) is 3. The number of nitrogens with one attached hydrogen (secondary N) is 1. The number of carbonyl (C=O) groups excluding carboxylic acids is 1. The van der Waals surface area contributed by atoms with Crippen LogP contribution in [0.4, 0.5) is 0 Å². The van der Waals surface area contributed by atoms with Gasteiger partial charge in [-0.2, -0.15) is 0 Å². The van der Waals surface area contributed by atoms with Crippen LogP contribution in [-0.2, 0) is 4.79 Å². The van der Waals surface area contributed by atoms with Gasteiger partial charge in [-0.3, -0.25) is 9.69 Å². The predicted molar refractivity (Wildman–Crippen MR) is 75.8 cm³/mol. The molecule has 5 heteroatoms. The summed E-state index contributed by atoms with van der Waals surface area (Å²) in [7, 11) is 0. The predicted octanol–water partition coefficient (Wildman–Crippen LogP) is 1.13. The van der Waals surface area contributed by atoms with Crippen LogP contribution in [0.1, 0.15) is 40.0 Å². The lowest BCUT2D eigenvalue weighted by Gasteiger charge is -2.44. The van der Waals surface area contributed by atoms with E-state index in [1.165, 1.54) is 0 Å². The van der Waals surface area contributed by atoms with Crippen LogP contribution in [0.2, 0.25) is 0 Å². The number of nitrogens with zero attached hydrogens (tertiary/aromatic N) is 1. The zero-order chi connectivity index (χ0) is 12.6. The van der Waals surface area contributed by atoms with Crippen molar-refractivity contribution in [3.05, 3.63) is 0 Å².